The van der Waals surface area contributed by atoms with Gasteiger partial charge in [0.1, 0.15) is 11.5 Å². The van der Waals surface area contributed by atoms with Gasteiger partial charge in [0.05, 0.1) is 5.69 Å². The maximum absolute atomic E-state index is 11.3. The molecule has 0 saturated heterocycles. The van der Waals surface area contributed by atoms with Crippen LogP contribution in [0.15, 0.2) is 89.9 Å². The fourth-order valence-electron chi connectivity index (χ4n) is 5.05. The largest absolute Gasteiger partial charge is 0.507 e. The Balaban J connectivity index is 1.78. The van der Waals surface area contributed by atoms with E-state index in [1.807, 2.05) is 48.5 Å². The van der Waals surface area contributed by atoms with E-state index in [9.17, 15) is 10.2 Å². The highest BCUT2D eigenvalue weighted by Crippen LogP contribution is 2.45. The van der Waals surface area contributed by atoms with Gasteiger partial charge in [0.2, 0.25) is 0 Å². The van der Waals surface area contributed by atoms with Crippen molar-refractivity contribution in [2.75, 3.05) is 0 Å². The van der Waals surface area contributed by atoms with Crippen LogP contribution in [0.25, 0.3) is 32.7 Å². The van der Waals surface area contributed by atoms with E-state index in [4.69, 9.17) is 4.99 Å². The maximum atomic E-state index is 11.3. The van der Waals surface area contributed by atoms with Crippen molar-refractivity contribution in [2.45, 2.75) is 52.4 Å². The van der Waals surface area contributed by atoms with Crippen LogP contribution in [0.3, 0.4) is 0 Å². The summed E-state index contributed by atoms with van der Waals surface area (Å²) in [5.41, 5.74) is 4.78. The molecule has 0 aliphatic heterocycles. The van der Waals surface area contributed by atoms with Gasteiger partial charge in [-0.15, -0.1) is 0 Å². The normalized spacial score (nSPS) is 12.6. The van der Waals surface area contributed by atoms with Gasteiger partial charge in [-0.1, -0.05) is 108 Å². The molecule has 3 heteroatoms. The van der Waals surface area contributed by atoms with Crippen molar-refractivity contribution in [3.8, 4) is 22.6 Å². The second kappa shape index (κ2) is 9.33. The van der Waals surface area contributed by atoms with E-state index in [1.165, 1.54) is 0 Å². The van der Waals surface area contributed by atoms with Gasteiger partial charge in [-0.3, -0.25) is 4.99 Å². The number of phenols is 2. The molecule has 0 bridgehead atoms. The molecule has 0 spiro atoms. The average molecular weight is 502 g/mol. The van der Waals surface area contributed by atoms with E-state index < -0.39 is 0 Å². The van der Waals surface area contributed by atoms with E-state index in [0.29, 0.717) is 5.56 Å². The lowest BCUT2D eigenvalue weighted by atomic mass is 9.79. The van der Waals surface area contributed by atoms with Gasteiger partial charge >= 0.3 is 0 Å². The monoisotopic (exact) mass is 501 g/mol. The summed E-state index contributed by atoms with van der Waals surface area (Å²) < 4.78 is 0. The van der Waals surface area contributed by atoms with Gasteiger partial charge in [-0.25, -0.2) is 0 Å². The molecule has 0 aromatic heterocycles. The number of benzene rings is 5. The van der Waals surface area contributed by atoms with Gasteiger partial charge in [0.25, 0.3) is 0 Å². The molecule has 0 saturated carbocycles. The Hall–Kier alpha value is -4.11. The van der Waals surface area contributed by atoms with E-state index in [-0.39, 0.29) is 22.3 Å². The van der Waals surface area contributed by atoms with Crippen LogP contribution in [0.4, 0.5) is 5.69 Å². The third kappa shape index (κ3) is 4.65. The Labute approximate surface area is 225 Å². The highest BCUT2D eigenvalue weighted by atomic mass is 16.3. The zero-order valence-corrected chi connectivity index (χ0v) is 23.0. The first kappa shape index (κ1) is 25.5. The van der Waals surface area contributed by atoms with Crippen molar-refractivity contribution in [1.29, 1.82) is 0 Å². The van der Waals surface area contributed by atoms with Gasteiger partial charge in [0, 0.05) is 28.5 Å². The number of phenolic OH excluding ortho intramolecular Hbond substituents is 2. The summed E-state index contributed by atoms with van der Waals surface area (Å²) in [5, 5.41) is 26.5. The Morgan fingerprint density at radius 2 is 1.21 bits per heavy atom. The van der Waals surface area contributed by atoms with Crippen LogP contribution in [-0.4, -0.2) is 16.4 Å². The fourth-order valence-corrected chi connectivity index (χ4v) is 5.05. The Morgan fingerprint density at radius 3 is 1.82 bits per heavy atom. The first-order valence-electron chi connectivity index (χ1n) is 13.1. The summed E-state index contributed by atoms with van der Waals surface area (Å²) in [6.07, 6.45) is 1.76. The van der Waals surface area contributed by atoms with Gasteiger partial charge in [-0.2, -0.15) is 0 Å². The number of hydrogen-bond acceptors (Lipinski definition) is 3. The Morgan fingerprint density at radius 1 is 0.632 bits per heavy atom. The van der Waals surface area contributed by atoms with Gasteiger partial charge in [-0.05, 0) is 56.1 Å². The first-order valence-corrected chi connectivity index (χ1v) is 13.1. The summed E-state index contributed by atoms with van der Waals surface area (Å²) in [4.78, 5) is 4.96. The average Bonchev–Trinajstić information content (AvgIpc) is 2.86. The SMILES string of the molecule is CC(C)(C)c1cc(C=Nc2ccc3ccccc3c2-c2c(O)ccc3ccccc23)c(O)c(C(C)(C)C)c1. The highest BCUT2D eigenvalue weighted by Gasteiger charge is 2.25. The van der Waals surface area contributed by atoms with Crippen LogP contribution < -0.4 is 0 Å². The van der Waals surface area contributed by atoms with E-state index in [2.05, 4.69) is 71.9 Å². The number of aromatic hydroxyl groups is 2. The number of rotatable bonds is 3. The molecule has 5 aromatic carbocycles. The maximum Gasteiger partial charge on any atom is 0.128 e. The number of hydrogen-bond donors (Lipinski definition) is 2. The Bertz CT molecular complexity index is 1700. The molecule has 0 atom stereocenters. The summed E-state index contributed by atoms with van der Waals surface area (Å²) in [6, 6.07) is 28.1. The third-order valence-corrected chi connectivity index (χ3v) is 7.22. The lowest BCUT2D eigenvalue weighted by molar-refractivity contribution is 0.444. The van der Waals surface area contributed by atoms with Gasteiger partial charge < -0.3 is 10.2 Å². The molecule has 38 heavy (non-hydrogen) atoms. The second-order valence-corrected chi connectivity index (χ2v) is 12.1. The van der Waals surface area contributed by atoms with E-state index in [1.54, 1.807) is 12.3 Å². The topological polar surface area (TPSA) is 52.8 Å². The van der Waals surface area contributed by atoms with Gasteiger partial charge in [0.15, 0.2) is 0 Å². The molecule has 0 amide bonds. The van der Waals surface area contributed by atoms with Crippen molar-refractivity contribution in [3.63, 3.8) is 0 Å². The zero-order chi connectivity index (χ0) is 27.2. The standard InChI is InChI=1S/C35H35NO2/c1-34(2,3)25-19-24(33(38)28(20-25)35(4,5)6)21-36-29-17-15-22-11-7-9-13-26(22)31(29)32-27-14-10-8-12-23(27)16-18-30(32)37/h7-21,37-38H,1-6H3. The molecule has 0 aliphatic rings. The smallest absolute Gasteiger partial charge is 0.128 e. The zero-order valence-electron chi connectivity index (χ0n) is 23.0. The predicted octanol–water partition coefficient (Wildman–Crippen LogP) is 9.42. The first-order chi connectivity index (χ1) is 17.9. The summed E-state index contributed by atoms with van der Waals surface area (Å²) >= 11 is 0. The lowest BCUT2D eigenvalue weighted by Gasteiger charge is -2.27. The van der Waals surface area contributed by atoms with E-state index >= 15 is 0 Å². The molecular weight excluding hydrogens is 466 g/mol. The molecule has 0 radical (unpaired) electrons. The van der Waals surface area contributed by atoms with Crippen molar-refractivity contribution in [1.82, 2.24) is 0 Å². The minimum Gasteiger partial charge on any atom is -0.507 e. The van der Waals surface area contributed by atoms with Crippen LogP contribution >= 0.6 is 0 Å². The number of aliphatic imine (C=N–C) groups is 1. The molecule has 3 nitrogen and oxygen atoms in total. The van der Waals surface area contributed by atoms with Crippen LogP contribution in [-0.2, 0) is 10.8 Å². The lowest BCUT2D eigenvalue weighted by Crippen LogP contribution is -2.17. The molecule has 5 rings (SSSR count). The molecule has 192 valence electrons. The van der Waals surface area contributed by atoms with Crippen LogP contribution in [0.1, 0.15) is 58.2 Å². The minimum absolute atomic E-state index is 0.0842. The summed E-state index contributed by atoms with van der Waals surface area (Å²) in [6.45, 7) is 12.9. The molecular formula is C35H35NO2. The molecule has 0 heterocycles. The van der Waals surface area contributed by atoms with Crippen molar-refractivity contribution < 1.29 is 10.2 Å². The van der Waals surface area contributed by atoms with Crippen LogP contribution in [0.5, 0.6) is 11.5 Å². The third-order valence-electron chi connectivity index (χ3n) is 7.22. The highest BCUT2D eigenvalue weighted by molar-refractivity contribution is 6.11. The molecule has 0 unspecified atom stereocenters. The molecule has 0 fully saturated rings. The van der Waals surface area contributed by atoms with Crippen LogP contribution in [0.2, 0.25) is 0 Å². The van der Waals surface area contributed by atoms with Crippen molar-refractivity contribution in [3.05, 3.63) is 102 Å². The molecule has 0 aliphatic carbocycles. The quantitative estimate of drug-likeness (QED) is 0.242. The van der Waals surface area contributed by atoms with E-state index in [0.717, 1.165) is 49.5 Å². The summed E-state index contributed by atoms with van der Waals surface area (Å²) in [5.74, 6) is 0.466. The Kier molecular flexibility index (Phi) is 6.27. The second-order valence-electron chi connectivity index (χ2n) is 12.1. The molecule has 2 N–H and O–H groups in total. The summed E-state index contributed by atoms with van der Waals surface area (Å²) in [7, 11) is 0. The fraction of sp³-hybridized carbons (Fsp3) is 0.229. The molecule has 5 aromatic rings. The van der Waals surface area contributed by atoms with Crippen LogP contribution in [0, 0.1) is 0 Å². The van der Waals surface area contributed by atoms with Crippen molar-refractivity contribution >= 4 is 33.4 Å². The predicted molar refractivity (Wildman–Crippen MR) is 161 cm³/mol. The number of fused-ring (bicyclic) bond motifs is 2. The minimum atomic E-state index is -0.225. The number of nitrogens with zero attached hydrogens (tertiary/aromatic N) is 1. The van der Waals surface area contributed by atoms with Crippen molar-refractivity contribution in [2.24, 2.45) is 4.99 Å².